The maximum atomic E-state index is 13.0. The van der Waals surface area contributed by atoms with Crippen molar-refractivity contribution in [2.75, 3.05) is 11.9 Å². The fraction of sp³-hybridized carbons (Fsp3) is 0.235. The molecule has 0 radical (unpaired) electrons. The number of urea groups is 1. The number of anilines is 1. The summed E-state index contributed by atoms with van der Waals surface area (Å²) in [7, 11) is 0. The van der Waals surface area contributed by atoms with Crippen molar-refractivity contribution in [1.82, 2.24) is 10.2 Å². The normalized spacial score (nSPS) is 19.9. The first-order valence-corrected chi connectivity index (χ1v) is 7.77. The van der Waals surface area contributed by atoms with E-state index in [0.29, 0.717) is 4.90 Å². The lowest BCUT2D eigenvalue weighted by molar-refractivity contribution is -0.137. The molecule has 1 aromatic heterocycles. The first-order valence-electron chi connectivity index (χ1n) is 7.77. The Hall–Kier alpha value is -3.30. The Labute approximate surface area is 151 Å². The van der Waals surface area contributed by atoms with Gasteiger partial charge in [-0.05, 0) is 31.2 Å². The van der Waals surface area contributed by atoms with Crippen molar-refractivity contribution in [3.05, 3.63) is 54.0 Å². The van der Waals surface area contributed by atoms with Gasteiger partial charge in [-0.25, -0.2) is 4.79 Å². The van der Waals surface area contributed by atoms with Crippen LogP contribution in [0.1, 0.15) is 18.2 Å². The van der Waals surface area contributed by atoms with Gasteiger partial charge < -0.3 is 15.1 Å². The minimum absolute atomic E-state index is 0.172. The Morgan fingerprint density at radius 2 is 1.93 bits per heavy atom. The number of para-hydroxylation sites is 1. The van der Waals surface area contributed by atoms with Crippen molar-refractivity contribution in [3.63, 3.8) is 0 Å². The molecule has 0 aliphatic carbocycles. The summed E-state index contributed by atoms with van der Waals surface area (Å²) in [6, 6.07) is 6.58. The van der Waals surface area contributed by atoms with Crippen LogP contribution in [0.25, 0.3) is 0 Å². The van der Waals surface area contributed by atoms with Crippen LogP contribution in [-0.2, 0) is 21.3 Å². The molecular formula is C17H14F3N3O4. The lowest BCUT2D eigenvalue weighted by atomic mass is 9.99. The van der Waals surface area contributed by atoms with Gasteiger partial charge in [-0.15, -0.1) is 0 Å². The minimum Gasteiger partial charge on any atom is -0.466 e. The quantitative estimate of drug-likeness (QED) is 0.797. The van der Waals surface area contributed by atoms with Crippen LogP contribution in [0.15, 0.2) is 47.1 Å². The van der Waals surface area contributed by atoms with Gasteiger partial charge in [-0.2, -0.15) is 13.2 Å². The molecule has 142 valence electrons. The van der Waals surface area contributed by atoms with E-state index < -0.39 is 47.4 Å². The molecule has 27 heavy (non-hydrogen) atoms. The Balaban J connectivity index is 1.76. The predicted octanol–water partition coefficient (Wildman–Crippen LogP) is 2.70. The van der Waals surface area contributed by atoms with E-state index in [4.69, 9.17) is 4.42 Å². The maximum Gasteiger partial charge on any atom is 0.418 e. The zero-order chi connectivity index (χ0) is 19.8. The van der Waals surface area contributed by atoms with E-state index in [1.165, 1.54) is 37.5 Å². The van der Waals surface area contributed by atoms with E-state index in [1.54, 1.807) is 0 Å². The van der Waals surface area contributed by atoms with Crippen LogP contribution in [0.2, 0.25) is 0 Å². The van der Waals surface area contributed by atoms with E-state index in [-0.39, 0.29) is 5.76 Å². The number of carbonyl (C=O) groups excluding carboxylic acids is 3. The fourth-order valence-electron chi connectivity index (χ4n) is 2.74. The number of carbonyl (C=O) groups is 3. The maximum absolute atomic E-state index is 13.0. The monoisotopic (exact) mass is 381 g/mol. The summed E-state index contributed by atoms with van der Waals surface area (Å²) in [5.41, 5.74) is -2.99. The van der Waals surface area contributed by atoms with Crippen LogP contribution >= 0.6 is 0 Å². The summed E-state index contributed by atoms with van der Waals surface area (Å²) >= 11 is 0. The minimum atomic E-state index is -4.66. The molecule has 0 saturated carbocycles. The molecule has 2 heterocycles. The van der Waals surface area contributed by atoms with Gasteiger partial charge in [-0.3, -0.25) is 14.5 Å². The van der Waals surface area contributed by atoms with Gasteiger partial charge in [0.2, 0.25) is 5.91 Å². The molecule has 1 atom stereocenters. The second-order valence-electron chi connectivity index (χ2n) is 6.02. The van der Waals surface area contributed by atoms with Gasteiger partial charge in [-0.1, -0.05) is 12.1 Å². The largest absolute Gasteiger partial charge is 0.466 e. The topological polar surface area (TPSA) is 91.7 Å². The number of hydrogen-bond acceptors (Lipinski definition) is 4. The molecule has 1 aromatic carbocycles. The molecular weight excluding hydrogens is 367 g/mol. The summed E-state index contributed by atoms with van der Waals surface area (Å²) in [6.07, 6.45) is -3.34. The number of hydrogen-bond donors (Lipinski definition) is 2. The molecule has 0 bridgehead atoms. The predicted molar refractivity (Wildman–Crippen MR) is 86.4 cm³/mol. The number of nitrogens with zero attached hydrogens (tertiary/aromatic N) is 1. The lowest BCUT2D eigenvalue weighted by Gasteiger charge is -2.19. The number of nitrogens with one attached hydrogen (secondary N) is 2. The van der Waals surface area contributed by atoms with Crippen LogP contribution < -0.4 is 10.6 Å². The van der Waals surface area contributed by atoms with Gasteiger partial charge in [0.1, 0.15) is 12.3 Å². The molecule has 1 fully saturated rings. The molecule has 0 unspecified atom stereocenters. The number of benzene rings is 1. The van der Waals surface area contributed by atoms with Crippen molar-refractivity contribution in [2.45, 2.75) is 18.6 Å². The van der Waals surface area contributed by atoms with Gasteiger partial charge >= 0.3 is 12.2 Å². The molecule has 4 amide bonds. The van der Waals surface area contributed by atoms with E-state index in [2.05, 4.69) is 10.6 Å². The highest BCUT2D eigenvalue weighted by atomic mass is 19.4. The van der Waals surface area contributed by atoms with Crippen molar-refractivity contribution in [1.29, 1.82) is 0 Å². The Morgan fingerprint density at radius 3 is 2.56 bits per heavy atom. The zero-order valence-corrected chi connectivity index (χ0v) is 14.0. The molecule has 1 saturated heterocycles. The fourth-order valence-corrected chi connectivity index (χ4v) is 2.74. The first-order chi connectivity index (χ1) is 12.6. The highest BCUT2D eigenvalue weighted by Crippen LogP contribution is 2.34. The van der Waals surface area contributed by atoms with Crippen molar-refractivity contribution in [2.24, 2.45) is 0 Å². The van der Waals surface area contributed by atoms with E-state index >= 15 is 0 Å². The van der Waals surface area contributed by atoms with Crippen LogP contribution in [0.4, 0.5) is 23.7 Å². The number of furan rings is 1. The van der Waals surface area contributed by atoms with Crippen molar-refractivity contribution >= 4 is 23.5 Å². The molecule has 10 heteroatoms. The summed E-state index contributed by atoms with van der Waals surface area (Å²) in [5.74, 6) is -1.52. The highest BCUT2D eigenvalue weighted by molar-refractivity contribution is 6.10. The number of halogens is 3. The van der Waals surface area contributed by atoms with E-state index in [1.807, 2.05) is 0 Å². The number of imide groups is 1. The Morgan fingerprint density at radius 1 is 1.22 bits per heavy atom. The first kappa shape index (κ1) is 18.5. The van der Waals surface area contributed by atoms with Crippen LogP contribution in [0, 0.1) is 0 Å². The highest BCUT2D eigenvalue weighted by Gasteiger charge is 2.51. The van der Waals surface area contributed by atoms with Crippen LogP contribution in [0.3, 0.4) is 0 Å². The Kier molecular flexibility index (Phi) is 4.42. The molecule has 2 N–H and O–H groups in total. The number of alkyl halides is 3. The average Bonchev–Trinajstić information content (AvgIpc) is 3.19. The third kappa shape index (κ3) is 3.37. The third-order valence-corrected chi connectivity index (χ3v) is 4.10. The number of amides is 4. The SMILES string of the molecule is C[C@]1(c2ccco2)NC(=O)N(CC(=O)Nc2ccccc2C(F)(F)F)C1=O. The molecule has 7 nitrogen and oxygen atoms in total. The summed E-state index contributed by atoms with van der Waals surface area (Å²) in [5, 5.41) is 4.51. The summed E-state index contributed by atoms with van der Waals surface area (Å²) < 4.78 is 44.1. The number of rotatable bonds is 4. The van der Waals surface area contributed by atoms with Crippen molar-refractivity contribution < 1.29 is 32.0 Å². The van der Waals surface area contributed by atoms with E-state index in [9.17, 15) is 27.6 Å². The average molecular weight is 381 g/mol. The second-order valence-corrected chi connectivity index (χ2v) is 6.02. The van der Waals surface area contributed by atoms with E-state index in [0.717, 1.165) is 12.1 Å². The smallest absolute Gasteiger partial charge is 0.418 e. The van der Waals surface area contributed by atoms with Crippen LogP contribution in [0.5, 0.6) is 0 Å². The molecule has 1 aliphatic rings. The van der Waals surface area contributed by atoms with Crippen LogP contribution in [-0.4, -0.2) is 29.3 Å². The second kappa shape index (κ2) is 6.45. The molecule has 3 rings (SSSR count). The molecule has 1 aliphatic heterocycles. The third-order valence-electron chi connectivity index (χ3n) is 4.10. The van der Waals surface area contributed by atoms with Gasteiger partial charge in [0.05, 0.1) is 17.5 Å². The standard InChI is InChI=1S/C17H14F3N3O4/c1-16(12-7-4-8-27-12)14(25)23(15(26)22-16)9-13(24)21-11-6-3-2-5-10(11)17(18,19)20/h2-8H,9H2,1H3,(H,21,24)(H,22,26)/t16-/m1/s1. The lowest BCUT2D eigenvalue weighted by Crippen LogP contribution is -2.42. The molecule has 2 aromatic rings. The van der Waals surface area contributed by atoms with Gasteiger partial charge in [0, 0.05) is 0 Å². The summed E-state index contributed by atoms with van der Waals surface area (Å²) in [6.45, 7) is 0.663. The zero-order valence-electron chi connectivity index (χ0n) is 14.0. The Bertz CT molecular complexity index is 895. The summed E-state index contributed by atoms with van der Waals surface area (Å²) in [4.78, 5) is 37.5. The molecule has 0 spiro atoms. The van der Waals surface area contributed by atoms with Gasteiger partial charge in [0.15, 0.2) is 5.54 Å². The van der Waals surface area contributed by atoms with Crippen molar-refractivity contribution in [3.8, 4) is 0 Å². The van der Waals surface area contributed by atoms with Gasteiger partial charge in [0.25, 0.3) is 5.91 Å².